The number of rotatable bonds is 7. The Morgan fingerprint density at radius 2 is 1.63 bits per heavy atom. The molecule has 0 saturated heterocycles. The number of thiophene rings is 1. The highest BCUT2D eigenvalue weighted by Gasteiger charge is 2.14. The molecule has 3 aromatic carbocycles. The van der Waals surface area contributed by atoms with Crippen LogP contribution in [0.4, 0.5) is 0 Å². The van der Waals surface area contributed by atoms with E-state index in [-0.39, 0.29) is 0 Å². The predicted molar refractivity (Wildman–Crippen MR) is 157 cm³/mol. The lowest BCUT2D eigenvalue weighted by atomic mass is 10.0. The van der Waals surface area contributed by atoms with E-state index >= 15 is 0 Å². The van der Waals surface area contributed by atoms with Gasteiger partial charge in [-0.05, 0) is 75.0 Å². The molecule has 184 valence electrons. The molecule has 4 aromatic heterocycles. The largest absolute Gasteiger partial charge is 0.353 e. The van der Waals surface area contributed by atoms with Gasteiger partial charge >= 0.3 is 0 Å². The molecular formula is C32H25N5S. The smallest absolute Gasteiger partial charge is 0.116 e. The number of aromatic nitrogens is 4. The molecule has 38 heavy (non-hydrogen) atoms. The molecular weight excluding hydrogens is 486 g/mol. The third-order valence-corrected chi connectivity index (χ3v) is 7.63. The van der Waals surface area contributed by atoms with Crippen LogP contribution >= 0.6 is 11.3 Å². The first kappa shape index (κ1) is 22.7. The molecule has 0 bridgehead atoms. The summed E-state index contributed by atoms with van der Waals surface area (Å²) in [6.07, 6.45) is 3.86. The summed E-state index contributed by atoms with van der Waals surface area (Å²) < 4.78 is 0. The van der Waals surface area contributed by atoms with E-state index in [1.165, 1.54) is 22.1 Å². The van der Waals surface area contributed by atoms with Gasteiger partial charge in [0, 0.05) is 47.3 Å². The van der Waals surface area contributed by atoms with Gasteiger partial charge in [-0.25, -0.2) is 0 Å². The number of hydrogen-bond acceptors (Lipinski definition) is 4. The van der Waals surface area contributed by atoms with Crippen LogP contribution in [0.5, 0.6) is 0 Å². The van der Waals surface area contributed by atoms with Crippen LogP contribution in [0.2, 0.25) is 0 Å². The van der Waals surface area contributed by atoms with Gasteiger partial charge in [0.15, 0.2) is 0 Å². The van der Waals surface area contributed by atoms with Crippen molar-refractivity contribution in [3.05, 3.63) is 119 Å². The van der Waals surface area contributed by atoms with Gasteiger partial charge in [-0.15, -0.1) is 0 Å². The highest BCUT2D eigenvalue weighted by molar-refractivity contribution is 7.08. The van der Waals surface area contributed by atoms with E-state index in [9.17, 15) is 0 Å². The Morgan fingerprint density at radius 3 is 2.53 bits per heavy atom. The lowest BCUT2D eigenvalue weighted by Crippen LogP contribution is -2.12. The summed E-state index contributed by atoms with van der Waals surface area (Å²) in [5.41, 5.74) is 11.1. The normalized spacial score (nSPS) is 11.5. The Hall–Kier alpha value is -4.52. The van der Waals surface area contributed by atoms with Crippen LogP contribution in [0.15, 0.2) is 108 Å². The van der Waals surface area contributed by atoms with Gasteiger partial charge in [-0.1, -0.05) is 48.5 Å². The average molecular weight is 512 g/mol. The van der Waals surface area contributed by atoms with Crippen molar-refractivity contribution in [2.75, 3.05) is 0 Å². The van der Waals surface area contributed by atoms with Crippen molar-refractivity contribution >= 4 is 33.1 Å². The minimum Gasteiger partial charge on any atom is -0.353 e. The number of nitrogens with zero attached hydrogens (tertiary/aromatic N) is 2. The highest BCUT2D eigenvalue weighted by Crippen LogP contribution is 2.35. The van der Waals surface area contributed by atoms with Gasteiger partial charge in [0.25, 0.3) is 0 Å². The molecule has 0 spiro atoms. The number of hydrogen-bond donors (Lipinski definition) is 3. The van der Waals surface area contributed by atoms with Gasteiger partial charge in [0.05, 0.1) is 11.2 Å². The Balaban J connectivity index is 1.20. The maximum atomic E-state index is 4.70. The van der Waals surface area contributed by atoms with Crippen molar-refractivity contribution in [1.82, 2.24) is 25.5 Å². The summed E-state index contributed by atoms with van der Waals surface area (Å²) in [7, 11) is 0. The molecule has 0 aliphatic rings. The zero-order valence-corrected chi connectivity index (χ0v) is 21.4. The topological polar surface area (TPSA) is 69.4 Å². The van der Waals surface area contributed by atoms with Crippen molar-refractivity contribution < 1.29 is 0 Å². The predicted octanol–water partition coefficient (Wildman–Crippen LogP) is 7.79. The van der Waals surface area contributed by atoms with Crippen molar-refractivity contribution in [2.45, 2.75) is 13.1 Å². The van der Waals surface area contributed by atoms with Crippen LogP contribution < -0.4 is 5.32 Å². The molecule has 4 heterocycles. The molecule has 0 atom stereocenters. The Bertz CT molecular complexity index is 1850. The monoisotopic (exact) mass is 511 g/mol. The second kappa shape index (κ2) is 9.74. The maximum absolute atomic E-state index is 4.70. The first-order chi connectivity index (χ1) is 18.8. The molecule has 7 aromatic rings. The quantitative estimate of drug-likeness (QED) is 0.205. The minimum absolute atomic E-state index is 0.760. The van der Waals surface area contributed by atoms with Crippen LogP contribution in [-0.2, 0) is 13.1 Å². The zero-order chi connectivity index (χ0) is 25.3. The standard InChI is InChI=1S/C32H25N5S/c1-2-5-21(6-3-1)16-33-17-22-13-25(19-34-18-22)23-9-10-30-28(14-23)32(37-36-30)31-15-27-26(24-11-12-38-20-24)7-4-8-29(27)35-31/h1-15,18-20,33,35H,16-17H2,(H,36,37). The summed E-state index contributed by atoms with van der Waals surface area (Å²) in [6.45, 7) is 1.59. The van der Waals surface area contributed by atoms with E-state index in [4.69, 9.17) is 5.10 Å². The van der Waals surface area contributed by atoms with Gasteiger partial charge in [0.2, 0.25) is 0 Å². The molecule has 0 fully saturated rings. The van der Waals surface area contributed by atoms with Crippen molar-refractivity contribution in [3.8, 4) is 33.6 Å². The molecule has 0 saturated carbocycles. The lowest BCUT2D eigenvalue weighted by molar-refractivity contribution is 0.691. The van der Waals surface area contributed by atoms with Crippen molar-refractivity contribution in [2.24, 2.45) is 0 Å². The van der Waals surface area contributed by atoms with Crippen LogP contribution in [0.3, 0.4) is 0 Å². The van der Waals surface area contributed by atoms with Crippen LogP contribution in [0.1, 0.15) is 11.1 Å². The molecule has 0 aliphatic carbocycles. The van der Waals surface area contributed by atoms with E-state index in [0.29, 0.717) is 0 Å². The van der Waals surface area contributed by atoms with Crippen molar-refractivity contribution in [3.63, 3.8) is 0 Å². The van der Waals surface area contributed by atoms with Gasteiger partial charge < -0.3 is 10.3 Å². The zero-order valence-electron chi connectivity index (χ0n) is 20.6. The fraction of sp³-hybridized carbons (Fsp3) is 0.0625. The molecule has 0 radical (unpaired) electrons. The summed E-state index contributed by atoms with van der Waals surface area (Å²) in [4.78, 5) is 8.13. The highest BCUT2D eigenvalue weighted by atomic mass is 32.1. The molecule has 0 amide bonds. The van der Waals surface area contributed by atoms with E-state index in [2.05, 4.69) is 110 Å². The third-order valence-electron chi connectivity index (χ3n) is 6.94. The van der Waals surface area contributed by atoms with Crippen LogP contribution in [0, 0.1) is 0 Å². The Morgan fingerprint density at radius 1 is 0.711 bits per heavy atom. The average Bonchev–Trinajstić information content (AvgIpc) is 3.73. The second-order valence-electron chi connectivity index (χ2n) is 9.47. The molecule has 0 aliphatic heterocycles. The van der Waals surface area contributed by atoms with Crippen LogP contribution in [0.25, 0.3) is 55.4 Å². The Kier molecular flexibility index (Phi) is 5.81. The van der Waals surface area contributed by atoms with E-state index < -0.39 is 0 Å². The fourth-order valence-corrected chi connectivity index (χ4v) is 5.70. The van der Waals surface area contributed by atoms with Gasteiger partial charge in [-0.3, -0.25) is 10.1 Å². The molecule has 5 nitrogen and oxygen atoms in total. The molecule has 3 N–H and O–H groups in total. The summed E-state index contributed by atoms with van der Waals surface area (Å²) in [5.74, 6) is 0. The third kappa shape index (κ3) is 4.30. The number of H-pyrrole nitrogens is 2. The number of pyridine rings is 1. The maximum Gasteiger partial charge on any atom is 0.116 e. The molecule has 0 unspecified atom stereocenters. The van der Waals surface area contributed by atoms with Crippen LogP contribution in [-0.4, -0.2) is 20.2 Å². The summed E-state index contributed by atoms with van der Waals surface area (Å²) in [6, 6.07) is 29.9. The summed E-state index contributed by atoms with van der Waals surface area (Å²) in [5, 5.41) is 18.0. The molecule has 6 heteroatoms. The van der Waals surface area contributed by atoms with Gasteiger partial charge in [0.1, 0.15) is 5.69 Å². The van der Waals surface area contributed by atoms with E-state index in [1.54, 1.807) is 11.3 Å². The van der Waals surface area contributed by atoms with E-state index in [0.717, 1.165) is 57.6 Å². The Labute approximate surface area is 224 Å². The van der Waals surface area contributed by atoms with E-state index in [1.807, 2.05) is 18.5 Å². The SMILES string of the molecule is c1ccc(CNCc2cncc(-c3ccc4[nH]nc(-c5cc6c(-c7ccsc7)cccc6[nH]5)c4c3)c2)cc1. The molecule has 7 rings (SSSR count). The van der Waals surface area contributed by atoms with Crippen molar-refractivity contribution in [1.29, 1.82) is 0 Å². The number of benzene rings is 3. The number of aromatic amines is 2. The number of fused-ring (bicyclic) bond motifs is 2. The number of nitrogens with one attached hydrogen (secondary N) is 3. The summed E-state index contributed by atoms with van der Waals surface area (Å²) >= 11 is 1.72. The lowest BCUT2D eigenvalue weighted by Gasteiger charge is -2.08. The van der Waals surface area contributed by atoms with Gasteiger partial charge in [-0.2, -0.15) is 16.4 Å². The first-order valence-electron chi connectivity index (χ1n) is 12.6. The fourth-order valence-electron chi connectivity index (χ4n) is 5.04. The minimum atomic E-state index is 0.760. The second-order valence-corrected chi connectivity index (χ2v) is 10.2. The first-order valence-corrected chi connectivity index (χ1v) is 13.6.